The monoisotopic (exact) mass is 330 g/mol. The van der Waals surface area contributed by atoms with Crippen molar-refractivity contribution in [3.8, 4) is 11.3 Å². The van der Waals surface area contributed by atoms with Crippen LogP contribution < -0.4 is 5.32 Å². The third-order valence-corrected chi connectivity index (χ3v) is 3.46. The fourth-order valence-corrected chi connectivity index (χ4v) is 2.24. The Hall–Kier alpha value is -2.70. The number of nitrogens with one attached hydrogen (secondary N) is 1. The van der Waals surface area contributed by atoms with Crippen LogP contribution in [-0.4, -0.2) is 39.8 Å². The molecule has 0 saturated heterocycles. The van der Waals surface area contributed by atoms with E-state index in [-0.39, 0.29) is 24.7 Å². The van der Waals surface area contributed by atoms with E-state index in [2.05, 4.69) is 15.4 Å². The molecule has 128 valence electrons. The minimum absolute atomic E-state index is 0.104. The first-order valence-electron chi connectivity index (χ1n) is 7.97. The van der Waals surface area contributed by atoms with Gasteiger partial charge in [-0.05, 0) is 32.0 Å². The first-order chi connectivity index (χ1) is 11.6. The second-order valence-corrected chi connectivity index (χ2v) is 5.28. The molecule has 7 heteroatoms. The summed E-state index contributed by atoms with van der Waals surface area (Å²) in [6, 6.07) is 5.81. The first kappa shape index (κ1) is 17.7. The number of carbonyl (C=O) groups excluding carboxylic acids is 2. The van der Waals surface area contributed by atoms with Gasteiger partial charge in [-0.1, -0.05) is 0 Å². The fraction of sp³-hybridized carbons (Fsp3) is 0.412. The molecule has 0 bridgehead atoms. The maximum Gasteiger partial charge on any atom is 0.306 e. The molecule has 0 aliphatic rings. The molecule has 2 aromatic heterocycles. The fourth-order valence-electron chi connectivity index (χ4n) is 2.24. The summed E-state index contributed by atoms with van der Waals surface area (Å²) in [5.74, 6) is -0.514. The number of amides is 1. The number of aromatic nitrogens is 3. The van der Waals surface area contributed by atoms with Crippen LogP contribution in [0.3, 0.4) is 0 Å². The van der Waals surface area contributed by atoms with Gasteiger partial charge < -0.3 is 10.1 Å². The molecule has 0 aliphatic carbocycles. The zero-order valence-corrected chi connectivity index (χ0v) is 14.0. The predicted molar refractivity (Wildman–Crippen MR) is 89.1 cm³/mol. The number of esters is 1. The highest BCUT2D eigenvalue weighted by atomic mass is 16.5. The molecule has 0 aliphatic heterocycles. The van der Waals surface area contributed by atoms with E-state index in [0.717, 1.165) is 17.0 Å². The molecule has 2 aromatic rings. The smallest absolute Gasteiger partial charge is 0.306 e. The number of nitrogens with zero attached hydrogens (tertiary/aromatic N) is 3. The van der Waals surface area contributed by atoms with Crippen molar-refractivity contribution in [3.63, 3.8) is 0 Å². The summed E-state index contributed by atoms with van der Waals surface area (Å²) >= 11 is 0. The van der Waals surface area contributed by atoms with E-state index in [9.17, 15) is 9.59 Å². The molecule has 0 radical (unpaired) electrons. The molecule has 2 rings (SSSR count). The Bertz CT molecular complexity index is 682. The van der Waals surface area contributed by atoms with Crippen molar-refractivity contribution in [2.45, 2.75) is 33.2 Å². The van der Waals surface area contributed by atoms with Crippen molar-refractivity contribution in [2.75, 3.05) is 13.2 Å². The van der Waals surface area contributed by atoms with E-state index >= 15 is 0 Å². The summed E-state index contributed by atoms with van der Waals surface area (Å²) in [7, 11) is 0. The first-order valence-corrected chi connectivity index (χ1v) is 7.97. The van der Waals surface area contributed by atoms with E-state index < -0.39 is 0 Å². The molecule has 7 nitrogen and oxygen atoms in total. The predicted octanol–water partition coefficient (Wildman–Crippen LogP) is 1.71. The van der Waals surface area contributed by atoms with Crippen LogP contribution in [0, 0.1) is 6.92 Å². The average Bonchev–Trinajstić information content (AvgIpc) is 2.95. The van der Waals surface area contributed by atoms with Crippen LogP contribution in [0.2, 0.25) is 0 Å². The average molecular weight is 330 g/mol. The molecule has 0 fully saturated rings. The van der Waals surface area contributed by atoms with E-state index in [1.54, 1.807) is 19.3 Å². The highest BCUT2D eigenvalue weighted by Gasteiger charge is 2.09. The van der Waals surface area contributed by atoms with Gasteiger partial charge in [-0.15, -0.1) is 0 Å². The number of hydrogen-bond donors (Lipinski definition) is 1. The number of aryl methyl sites for hydroxylation is 1. The summed E-state index contributed by atoms with van der Waals surface area (Å²) in [6.07, 6.45) is 3.70. The third kappa shape index (κ3) is 5.19. The van der Waals surface area contributed by atoms with Gasteiger partial charge in [0.05, 0.1) is 25.3 Å². The van der Waals surface area contributed by atoms with Gasteiger partial charge in [-0.2, -0.15) is 5.10 Å². The van der Waals surface area contributed by atoms with Gasteiger partial charge in [-0.3, -0.25) is 19.3 Å². The van der Waals surface area contributed by atoms with Crippen molar-refractivity contribution >= 4 is 11.9 Å². The van der Waals surface area contributed by atoms with Crippen LogP contribution in [0.15, 0.2) is 30.6 Å². The van der Waals surface area contributed by atoms with Crippen LogP contribution in [0.1, 0.15) is 25.5 Å². The van der Waals surface area contributed by atoms with Crippen molar-refractivity contribution in [2.24, 2.45) is 0 Å². The standard InChI is InChI=1S/C17H22N4O3/c1-3-24-17(23)5-4-16(22)19-10-11-21-13(2)12-15(20-21)14-6-8-18-9-7-14/h6-9,12H,3-5,10-11H2,1-2H3,(H,19,22). The third-order valence-electron chi connectivity index (χ3n) is 3.46. The molecule has 0 saturated carbocycles. The van der Waals surface area contributed by atoms with E-state index in [1.807, 2.05) is 29.8 Å². The molecule has 1 N–H and O–H groups in total. The summed E-state index contributed by atoms with van der Waals surface area (Å²) in [5, 5.41) is 7.33. The van der Waals surface area contributed by atoms with Crippen molar-refractivity contribution in [1.82, 2.24) is 20.1 Å². The molecule has 24 heavy (non-hydrogen) atoms. The van der Waals surface area contributed by atoms with E-state index in [0.29, 0.717) is 19.7 Å². The minimum atomic E-state index is -0.349. The molecule has 0 spiro atoms. The number of carbonyl (C=O) groups is 2. The molecule has 2 heterocycles. The molecular weight excluding hydrogens is 308 g/mol. The van der Waals surface area contributed by atoms with Crippen LogP contribution >= 0.6 is 0 Å². The Morgan fingerprint density at radius 3 is 2.71 bits per heavy atom. The Morgan fingerprint density at radius 1 is 1.25 bits per heavy atom. The number of pyridine rings is 1. The van der Waals surface area contributed by atoms with Crippen LogP contribution in [-0.2, 0) is 20.9 Å². The number of rotatable bonds is 8. The van der Waals surface area contributed by atoms with Gasteiger partial charge in [0.25, 0.3) is 0 Å². The SMILES string of the molecule is CCOC(=O)CCC(=O)NCCn1nc(-c2ccncc2)cc1C. The molecule has 0 aromatic carbocycles. The van der Waals surface area contributed by atoms with Crippen LogP contribution in [0.5, 0.6) is 0 Å². The molecular formula is C17H22N4O3. The molecule has 0 unspecified atom stereocenters. The summed E-state index contributed by atoms with van der Waals surface area (Å²) in [4.78, 5) is 26.9. The lowest BCUT2D eigenvalue weighted by Crippen LogP contribution is -2.28. The van der Waals surface area contributed by atoms with Gasteiger partial charge in [0.15, 0.2) is 0 Å². The normalized spacial score (nSPS) is 10.4. The largest absolute Gasteiger partial charge is 0.466 e. The Balaban J connectivity index is 1.79. The Labute approximate surface area is 141 Å². The topological polar surface area (TPSA) is 86.1 Å². The lowest BCUT2D eigenvalue weighted by Gasteiger charge is -2.07. The second kappa shape index (κ2) is 8.81. The second-order valence-electron chi connectivity index (χ2n) is 5.28. The maximum atomic E-state index is 11.7. The lowest BCUT2D eigenvalue weighted by atomic mass is 10.2. The van der Waals surface area contributed by atoms with Gasteiger partial charge in [0.1, 0.15) is 0 Å². The molecule has 1 amide bonds. The van der Waals surface area contributed by atoms with Gasteiger partial charge >= 0.3 is 5.97 Å². The quantitative estimate of drug-likeness (QED) is 0.745. The van der Waals surface area contributed by atoms with Crippen molar-refractivity contribution in [1.29, 1.82) is 0 Å². The van der Waals surface area contributed by atoms with E-state index in [4.69, 9.17) is 4.74 Å². The number of hydrogen-bond acceptors (Lipinski definition) is 5. The number of ether oxygens (including phenoxy) is 1. The van der Waals surface area contributed by atoms with Crippen molar-refractivity contribution < 1.29 is 14.3 Å². The Morgan fingerprint density at radius 2 is 2.00 bits per heavy atom. The highest BCUT2D eigenvalue weighted by molar-refractivity contribution is 5.81. The highest BCUT2D eigenvalue weighted by Crippen LogP contribution is 2.17. The summed E-state index contributed by atoms with van der Waals surface area (Å²) < 4.78 is 6.64. The summed E-state index contributed by atoms with van der Waals surface area (Å²) in [6.45, 7) is 5.08. The lowest BCUT2D eigenvalue weighted by molar-refractivity contribution is -0.144. The zero-order valence-electron chi connectivity index (χ0n) is 14.0. The minimum Gasteiger partial charge on any atom is -0.466 e. The molecule has 0 atom stereocenters. The van der Waals surface area contributed by atoms with Gasteiger partial charge in [-0.25, -0.2) is 0 Å². The van der Waals surface area contributed by atoms with Gasteiger partial charge in [0.2, 0.25) is 5.91 Å². The zero-order chi connectivity index (χ0) is 17.4. The van der Waals surface area contributed by atoms with Crippen LogP contribution in [0.25, 0.3) is 11.3 Å². The summed E-state index contributed by atoms with van der Waals surface area (Å²) in [5.41, 5.74) is 2.90. The van der Waals surface area contributed by atoms with E-state index in [1.165, 1.54) is 0 Å². The van der Waals surface area contributed by atoms with Crippen molar-refractivity contribution in [3.05, 3.63) is 36.3 Å². The van der Waals surface area contributed by atoms with Crippen LogP contribution in [0.4, 0.5) is 0 Å². The van der Waals surface area contributed by atoms with Gasteiger partial charge in [0, 0.05) is 36.6 Å². The Kier molecular flexibility index (Phi) is 6.48. The maximum absolute atomic E-state index is 11.7.